The summed E-state index contributed by atoms with van der Waals surface area (Å²) in [5.74, 6) is -0.174. The van der Waals surface area contributed by atoms with Gasteiger partial charge in [-0.15, -0.1) is 0 Å². The zero-order chi connectivity index (χ0) is 22.3. The summed E-state index contributed by atoms with van der Waals surface area (Å²) in [5, 5.41) is 14.7. The van der Waals surface area contributed by atoms with Crippen LogP contribution in [-0.2, 0) is 14.8 Å². The highest BCUT2D eigenvalue weighted by molar-refractivity contribution is 7.92. The van der Waals surface area contributed by atoms with Crippen LogP contribution in [0.1, 0.15) is 5.56 Å². The number of nitro groups is 1. The number of amides is 1. The molecule has 0 aliphatic rings. The van der Waals surface area contributed by atoms with Crippen molar-refractivity contribution in [3.63, 3.8) is 0 Å². The number of nitrogens with one attached hydrogen (secondary N) is 1. The fraction of sp³-hybridized carbons (Fsp3) is 0.222. The van der Waals surface area contributed by atoms with Crippen LogP contribution in [0.4, 0.5) is 11.4 Å². The van der Waals surface area contributed by atoms with Crippen LogP contribution in [0.25, 0.3) is 0 Å². The topological polar surface area (TPSA) is 140 Å². The Balaban J connectivity index is 2.23. The molecule has 1 N–H and O–H groups in total. The van der Waals surface area contributed by atoms with E-state index in [1.165, 1.54) is 44.6 Å². The molecule has 2 aromatic carbocycles. The Morgan fingerprint density at radius 1 is 1.23 bits per heavy atom. The molecule has 0 heterocycles. The lowest BCUT2D eigenvalue weighted by molar-refractivity contribution is -0.385. The van der Waals surface area contributed by atoms with Gasteiger partial charge in [-0.2, -0.15) is 5.10 Å². The summed E-state index contributed by atoms with van der Waals surface area (Å²) in [6, 6.07) is 10.3. The number of methoxy groups -OCH3 is 2. The van der Waals surface area contributed by atoms with Crippen LogP contribution in [0.5, 0.6) is 11.5 Å². The van der Waals surface area contributed by atoms with Crippen molar-refractivity contribution >= 4 is 33.5 Å². The van der Waals surface area contributed by atoms with E-state index >= 15 is 0 Å². The standard InChI is InChI=1S/C18H20N4O7S/c1-28-14-8-9-17(29-2)16(10-14)21(30(3,26)27)12-18(23)20-19-11-13-6-4-5-7-15(13)22(24)25/h4-11H,12H2,1-3H3,(H,20,23)/b19-11-. The van der Waals surface area contributed by atoms with E-state index in [1.54, 1.807) is 12.1 Å². The van der Waals surface area contributed by atoms with Gasteiger partial charge in [0.05, 0.1) is 42.9 Å². The van der Waals surface area contributed by atoms with Crippen molar-refractivity contribution < 1.29 is 27.6 Å². The fourth-order valence-electron chi connectivity index (χ4n) is 2.48. The molecular weight excluding hydrogens is 416 g/mol. The van der Waals surface area contributed by atoms with Crippen LogP contribution in [0.3, 0.4) is 0 Å². The van der Waals surface area contributed by atoms with Crippen LogP contribution in [0.2, 0.25) is 0 Å². The van der Waals surface area contributed by atoms with Crippen molar-refractivity contribution in [3.05, 3.63) is 58.1 Å². The number of carbonyl (C=O) groups excluding carboxylic acids is 1. The lowest BCUT2D eigenvalue weighted by Gasteiger charge is -2.23. The van der Waals surface area contributed by atoms with Gasteiger partial charge in [-0.1, -0.05) is 12.1 Å². The fourth-order valence-corrected chi connectivity index (χ4v) is 3.33. The number of sulfonamides is 1. The second-order valence-corrected chi connectivity index (χ2v) is 7.82. The molecule has 0 atom stereocenters. The molecular formula is C18H20N4O7S. The van der Waals surface area contributed by atoms with Gasteiger partial charge in [0.2, 0.25) is 10.0 Å². The van der Waals surface area contributed by atoms with Crippen molar-refractivity contribution in [1.82, 2.24) is 5.43 Å². The molecule has 2 aromatic rings. The lowest BCUT2D eigenvalue weighted by atomic mass is 10.2. The Bertz CT molecular complexity index is 1070. The van der Waals surface area contributed by atoms with Crippen molar-refractivity contribution in [3.8, 4) is 11.5 Å². The Morgan fingerprint density at radius 3 is 2.53 bits per heavy atom. The van der Waals surface area contributed by atoms with Gasteiger partial charge in [0.25, 0.3) is 11.6 Å². The molecule has 12 heteroatoms. The van der Waals surface area contributed by atoms with E-state index in [0.29, 0.717) is 5.75 Å². The highest BCUT2D eigenvalue weighted by Crippen LogP contribution is 2.33. The zero-order valence-corrected chi connectivity index (χ0v) is 17.3. The summed E-state index contributed by atoms with van der Waals surface area (Å²) in [7, 11) is -1.09. The van der Waals surface area contributed by atoms with E-state index in [9.17, 15) is 23.3 Å². The summed E-state index contributed by atoms with van der Waals surface area (Å²) in [5.41, 5.74) is 2.27. The number of carbonyl (C=O) groups is 1. The number of nitro benzene ring substituents is 1. The van der Waals surface area contributed by atoms with Crippen molar-refractivity contribution in [2.24, 2.45) is 5.10 Å². The minimum absolute atomic E-state index is 0.108. The number of para-hydroxylation sites is 1. The maximum atomic E-state index is 12.3. The average molecular weight is 436 g/mol. The Labute approximate surface area is 173 Å². The molecule has 0 spiro atoms. The third-order valence-electron chi connectivity index (χ3n) is 3.87. The maximum absolute atomic E-state index is 12.3. The van der Waals surface area contributed by atoms with Crippen LogP contribution in [0.15, 0.2) is 47.6 Å². The highest BCUT2D eigenvalue weighted by Gasteiger charge is 2.24. The molecule has 0 bridgehead atoms. The number of hydrogen-bond acceptors (Lipinski definition) is 8. The second-order valence-electron chi connectivity index (χ2n) is 5.92. The van der Waals surface area contributed by atoms with Gasteiger partial charge >= 0.3 is 0 Å². The van der Waals surface area contributed by atoms with Crippen LogP contribution >= 0.6 is 0 Å². The molecule has 0 aliphatic carbocycles. The molecule has 0 fully saturated rings. The minimum Gasteiger partial charge on any atom is -0.497 e. The van der Waals surface area contributed by atoms with Crippen LogP contribution in [0, 0.1) is 10.1 Å². The smallest absolute Gasteiger partial charge is 0.278 e. The van der Waals surface area contributed by atoms with Crippen molar-refractivity contribution in [2.45, 2.75) is 0 Å². The molecule has 0 radical (unpaired) electrons. The van der Waals surface area contributed by atoms with Crippen LogP contribution < -0.4 is 19.2 Å². The Morgan fingerprint density at radius 2 is 1.93 bits per heavy atom. The van der Waals surface area contributed by atoms with Gasteiger partial charge in [0.1, 0.15) is 18.0 Å². The van der Waals surface area contributed by atoms with Crippen LogP contribution in [-0.4, -0.2) is 52.5 Å². The van der Waals surface area contributed by atoms with Gasteiger partial charge in [-0.25, -0.2) is 13.8 Å². The molecule has 11 nitrogen and oxygen atoms in total. The number of nitrogens with zero attached hydrogens (tertiary/aromatic N) is 3. The summed E-state index contributed by atoms with van der Waals surface area (Å²) in [6.45, 7) is -0.601. The van der Waals surface area contributed by atoms with E-state index in [2.05, 4.69) is 10.5 Å². The number of rotatable bonds is 9. The molecule has 0 aliphatic heterocycles. The normalized spacial score (nSPS) is 11.2. The number of ether oxygens (including phenoxy) is 2. The number of hydrogen-bond donors (Lipinski definition) is 1. The van der Waals surface area contributed by atoms with Crippen molar-refractivity contribution in [2.75, 3.05) is 31.3 Å². The SMILES string of the molecule is COc1ccc(OC)c(N(CC(=O)N/N=C\c2ccccc2[N+](=O)[O-])S(C)(=O)=O)c1. The molecule has 0 unspecified atom stereocenters. The lowest BCUT2D eigenvalue weighted by Crippen LogP contribution is -2.39. The predicted octanol–water partition coefficient (Wildman–Crippen LogP) is 1.53. The molecule has 30 heavy (non-hydrogen) atoms. The molecule has 0 aromatic heterocycles. The van der Waals surface area contributed by atoms with Gasteiger partial charge in [0.15, 0.2) is 0 Å². The quantitative estimate of drug-likeness (QED) is 0.357. The average Bonchev–Trinajstić information content (AvgIpc) is 2.71. The van der Waals surface area contributed by atoms with E-state index < -0.39 is 27.4 Å². The first-order valence-corrected chi connectivity index (χ1v) is 10.3. The van der Waals surface area contributed by atoms with E-state index in [0.717, 1.165) is 16.8 Å². The van der Waals surface area contributed by atoms with E-state index in [4.69, 9.17) is 9.47 Å². The minimum atomic E-state index is -3.87. The maximum Gasteiger partial charge on any atom is 0.278 e. The molecule has 1 amide bonds. The molecule has 0 saturated carbocycles. The third kappa shape index (κ3) is 5.67. The summed E-state index contributed by atoms with van der Waals surface area (Å²) < 4.78 is 35.7. The second kappa shape index (κ2) is 9.69. The largest absolute Gasteiger partial charge is 0.497 e. The van der Waals surface area contributed by atoms with Gasteiger partial charge in [-0.05, 0) is 18.2 Å². The highest BCUT2D eigenvalue weighted by atomic mass is 32.2. The molecule has 160 valence electrons. The first-order chi connectivity index (χ1) is 14.2. The summed E-state index contributed by atoms with van der Waals surface area (Å²) in [6.07, 6.45) is 2.04. The van der Waals surface area contributed by atoms with Crippen molar-refractivity contribution in [1.29, 1.82) is 0 Å². The van der Waals surface area contributed by atoms with Gasteiger partial charge < -0.3 is 9.47 Å². The summed E-state index contributed by atoms with van der Waals surface area (Å²) in [4.78, 5) is 22.7. The van der Waals surface area contributed by atoms with Gasteiger partial charge in [-0.3, -0.25) is 19.2 Å². The monoisotopic (exact) mass is 436 g/mol. The van der Waals surface area contributed by atoms with E-state index in [1.807, 2.05) is 0 Å². The first kappa shape index (κ1) is 22.6. The third-order valence-corrected chi connectivity index (χ3v) is 5.00. The molecule has 2 rings (SSSR count). The van der Waals surface area contributed by atoms with E-state index in [-0.39, 0.29) is 22.7 Å². The number of benzene rings is 2. The Kier molecular flexibility index (Phi) is 7.31. The Hall–Kier alpha value is -3.67. The number of hydrazone groups is 1. The number of anilines is 1. The van der Waals surface area contributed by atoms with Gasteiger partial charge in [0, 0.05) is 12.1 Å². The molecule has 0 saturated heterocycles. The zero-order valence-electron chi connectivity index (χ0n) is 16.4. The summed E-state index contributed by atoms with van der Waals surface area (Å²) >= 11 is 0. The predicted molar refractivity (Wildman–Crippen MR) is 111 cm³/mol. The first-order valence-electron chi connectivity index (χ1n) is 8.42.